The van der Waals surface area contributed by atoms with Gasteiger partial charge in [0.15, 0.2) is 0 Å². The van der Waals surface area contributed by atoms with Gasteiger partial charge in [-0.25, -0.2) is 0 Å². The zero-order valence-electron chi connectivity index (χ0n) is 9.99. The van der Waals surface area contributed by atoms with E-state index in [1.54, 1.807) is 21.3 Å². The first kappa shape index (κ1) is 12.9. The second kappa shape index (κ2) is 6.43. The van der Waals surface area contributed by atoms with Gasteiger partial charge >= 0.3 is 8.80 Å². The molecule has 3 nitrogen and oxygen atoms in total. The Balaban J connectivity index is 2.35. The Bertz CT molecular complexity index is 194. The summed E-state index contributed by atoms with van der Waals surface area (Å²) < 4.78 is 16.2. The Morgan fingerprint density at radius 1 is 1.13 bits per heavy atom. The molecule has 0 spiro atoms. The Labute approximate surface area is 93.8 Å². The fourth-order valence-corrected chi connectivity index (χ4v) is 3.93. The molecule has 0 aromatic carbocycles. The van der Waals surface area contributed by atoms with Gasteiger partial charge in [-0.05, 0) is 31.6 Å². The smallest absolute Gasteiger partial charge is 0.377 e. The highest BCUT2D eigenvalue weighted by Crippen LogP contribution is 2.26. The molecule has 0 amide bonds. The van der Waals surface area contributed by atoms with Crippen LogP contribution in [0.2, 0.25) is 6.04 Å². The van der Waals surface area contributed by atoms with Crippen molar-refractivity contribution in [3.63, 3.8) is 0 Å². The first-order valence-electron chi connectivity index (χ1n) is 5.57. The van der Waals surface area contributed by atoms with Gasteiger partial charge in [0.05, 0.1) is 0 Å². The molecule has 88 valence electrons. The lowest BCUT2D eigenvalue weighted by Crippen LogP contribution is -2.43. The van der Waals surface area contributed by atoms with Crippen molar-refractivity contribution in [3.05, 3.63) is 12.2 Å². The van der Waals surface area contributed by atoms with Gasteiger partial charge in [-0.15, -0.1) is 0 Å². The van der Waals surface area contributed by atoms with Gasteiger partial charge in [-0.1, -0.05) is 12.2 Å². The predicted molar refractivity (Wildman–Crippen MR) is 62.7 cm³/mol. The fraction of sp³-hybridized carbons (Fsp3) is 0.818. The van der Waals surface area contributed by atoms with E-state index in [2.05, 4.69) is 12.2 Å². The molecule has 0 fully saturated rings. The van der Waals surface area contributed by atoms with E-state index >= 15 is 0 Å². The summed E-state index contributed by atoms with van der Waals surface area (Å²) in [6.07, 6.45) is 9.39. The summed E-state index contributed by atoms with van der Waals surface area (Å²) in [6.45, 7) is 0. The third kappa shape index (κ3) is 3.72. The Morgan fingerprint density at radius 3 is 2.27 bits per heavy atom. The molecule has 0 unspecified atom stereocenters. The molecular weight excluding hydrogens is 208 g/mol. The summed E-state index contributed by atoms with van der Waals surface area (Å²) >= 11 is 0. The summed E-state index contributed by atoms with van der Waals surface area (Å²) in [5.74, 6) is 0.780. The molecule has 1 rings (SSSR count). The van der Waals surface area contributed by atoms with E-state index in [0.29, 0.717) is 0 Å². The van der Waals surface area contributed by atoms with Crippen molar-refractivity contribution >= 4 is 8.80 Å². The summed E-state index contributed by atoms with van der Waals surface area (Å²) in [5, 5.41) is 0. The molecule has 0 aliphatic heterocycles. The lowest BCUT2D eigenvalue weighted by atomic mass is 9.92. The Hall–Kier alpha value is -0.163. The van der Waals surface area contributed by atoms with E-state index in [4.69, 9.17) is 13.3 Å². The van der Waals surface area contributed by atoms with Crippen LogP contribution in [0.5, 0.6) is 0 Å². The number of rotatable bonds is 6. The molecule has 1 aliphatic carbocycles. The van der Waals surface area contributed by atoms with Crippen LogP contribution < -0.4 is 0 Å². The van der Waals surface area contributed by atoms with Crippen LogP contribution in [0.4, 0.5) is 0 Å². The van der Waals surface area contributed by atoms with Gasteiger partial charge in [-0.3, -0.25) is 0 Å². The third-order valence-corrected chi connectivity index (χ3v) is 5.94. The average Bonchev–Trinajstić information content (AvgIpc) is 2.33. The number of hydrogen-bond acceptors (Lipinski definition) is 3. The number of allylic oxidation sites excluding steroid dienone is 2. The van der Waals surface area contributed by atoms with E-state index in [9.17, 15) is 0 Å². The summed E-state index contributed by atoms with van der Waals surface area (Å²) in [6, 6.07) is 0.926. The topological polar surface area (TPSA) is 27.7 Å². The largest absolute Gasteiger partial charge is 0.500 e. The molecule has 0 N–H and O–H groups in total. The maximum Gasteiger partial charge on any atom is 0.500 e. The first-order chi connectivity index (χ1) is 7.26. The molecule has 0 saturated carbocycles. The van der Waals surface area contributed by atoms with E-state index in [0.717, 1.165) is 18.4 Å². The van der Waals surface area contributed by atoms with Crippen LogP contribution in [-0.2, 0) is 13.3 Å². The monoisotopic (exact) mass is 230 g/mol. The minimum atomic E-state index is -2.33. The SMILES string of the molecule is CO[Si](CC[C@H]1CC=CCC1)(OC)OC. The predicted octanol–water partition coefficient (Wildman–Crippen LogP) is 2.61. The molecular formula is C11H22O3Si. The quantitative estimate of drug-likeness (QED) is 0.518. The van der Waals surface area contributed by atoms with Crippen LogP contribution >= 0.6 is 0 Å². The van der Waals surface area contributed by atoms with E-state index < -0.39 is 8.80 Å². The fourth-order valence-electron chi connectivity index (χ4n) is 2.06. The van der Waals surface area contributed by atoms with Gasteiger partial charge in [0.1, 0.15) is 0 Å². The maximum absolute atomic E-state index is 5.40. The van der Waals surface area contributed by atoms with Crippen molar-refractivity contribution in [1.29, 1.82) is 0 Å². The molecule has 15 heavy (non-hydrogen) atoms. The zero-order chi connectivity index (χ0) is 11.1. The van der Waals surface area contributed by atoms with Crippen molar-refractivity contribution in [2.75, 3.05) is 21.3 Å². The molecule has 0 radical (unpaired) electrons. The van der Waals surface area contributed by atoms with Gasteiger partial charge in [0.2, 0.25) is 0 Å². The highest BCUT2D eigenvalue weighted by molar-refractivity contribution is 6.60. The molecule has 0 bridgehead atoms. The standard InChI is InChI=1S/C11H22O3Si/c1-12-15(13-2,14-3)10-9-11-7-5-4-6-8-11/h4-5,11H,6-10H2,1-3H3/t11-/m0/s1. The van der Waals surface area contributed by atoms with Crippen LogP contribution in [0.15, 0.2) is 12.2 Å². The number of hydrogen-bond donors (Lipinski definition) is 0. The van der Waals surface area contributed by atoms with Gasteiger partial charge < -0.3 is 13.3 Å². The van der Waals surface area contributed by atoms with Crippen LogP contribution in [-0.4, -0.2) is 30.1 Å². The summed E-state index contributed by atoms with van der Waals surface area (Å²) in [5.41, 5.74) is 0. The average molecular weight is 230 g/mol. The maximum atomic E-state index is 5.40. The second-order valence-electron chi connectivity index (χ2n) is 3.98. The molecule has 1 atom stereocenters. The Morgan fingerprint density at radius 2 is 1.80 bits per heavy atom. The molecule has 4 heteroatoms. The van der Waals surface area contributed by atoms with Gasteiger partial charge in [0, 0.05) is 27.4 Å². The first-order valence-corrected chi connectivity index (χ1v) is 7.50. The van der Waals surface area contributed by atoms with E-state index in [1.165, 1.54) is 19.3 Å². The minimum absolute atomic E-state index is 0.780. The summed E-state index contributed by atoms with van der Waals surface area (Å²) in [4.78, 5) is 0. The Kier molecular flexibility index (Phi) is 5.53. The van der Waals surface area contributed by atoms with Crippen molar-refractivity contribution in [3.8, 4) is 0 Å². The van der Waals surface area contributed by atoms with Crippen molar-refractivity contribution in [2.24, 2.45) is 5.92 Å². The lowest BCUT2D eigenvalue weighted by molar-refractivity contribution is 0.121. The third-order valence-electron chi connectivity index (χ3n) is 3.17. The van der Waals surface area contributed by atoms with Crippen molar-refractivity contribution in [1.82, 2.24) is 0 Å². The van der Waals surface area contributed by atoms with Crippen LogP contribution in [0.25, 0.3) is 0 Å². The van der Waals surface area contributed by atoms with Crippen molar-refractivity contribution in [2.45, 2.75) is 31.7 Å². The van der Waals surface area contributed by atoms with Gasteiger partial charge in [0.25, 0.3) is 0 Å². The van der Waals surface area contributed by atoms with Crippen LogP contribution in [0.3, 0.4) is 0 Å². The van der Waals surface area contributed by atoms with Crippen LogP contribution in [0, 0.1) is 5.92 Å². The normalized spacial score (nSPS) is 21.9. The van der Waals surface area contributed by atoms with Crippen LogP contribution in [0.1, 0.15) is 25.7 Å². The second-order valence-corrected chi connectivity index (χ2v) is 7.08. The highest BCUT2D eigenvalue weighted by Gasteiger charge is 2.37. The van der Waals surface area contributed by atoms with Gasteiger partial charge in [-0.2, -0.15) is 0 Å². The minimum Gasteiger partial charge on any atom is -0.377 e. The zero-order valence-corrected chi connectivity index (χ0v) is 11.0. The molecule has 0 aromatic heterocycles. The van der Waals surface area contributed by atoms with E-state index in [1.807, 2.05) is 0 Å². The summed E-state index contributed by atoms with van der Waals surface area (Å²) in [7, 11) is 2.72. The lowest BCUT2D eigenvalue weighted by Gasteiger charge is -2.26. The molecule has 0 heterocycles. The molecule has 0 saturated heterocycles. The molecule has 1 aliphatic rings. The van der Waals surface area contributed by atoms with Crippen molar-refractivity contribution < 1.29 is 13.3 Å². The highest BCUT2D eigenvalue weighted by atomic mass is 28.4. The molecule has 0 aromatic rings. The van der Waals surface area contributed by atoms with E-state index in [-0.39, 0.29) is 0 Å².